The molecule has 5 nitrogen and oxygen atoms in total. The highest BCUT2D eigenvalue weighted by Gasteiger charge is 2.25. The van der Waals surface area contributed by atoms with Crippen LogP contribution in [0, 0.1) is 5.41 Å². The van der Waals surface area contributed by atoms with Crippen molar-refractivity contribution in [1.29, 1.82) is 0 Å². The van der Waals surface area contributed by atoms with Crippen molar-refractivity contribution in [2.45, 2.75) is 40.5 Å². The molecular formula is C11H23NO4S. The number of aliphatic carboxylic acids is 1. The number of carboxylic acids is 1. The van der Waals surface area contributed by atoms with E-state index in [2.05, 4.69) is 0 Å². The molecule has 0 rings (SSSR count). The van der Waals surface area contributed by atoms with Crippen LogP contribution >= 0.6 is 0 Å². The molecule has 1 N–H and O–H groups in total. The summed E-state index contributed by atoms with van der Waals surface area (Å²) in [6, 6.07) is 0. The average molecular weight is 265 g/mol. The molecule has 0 aromatic heterocycles. The fourth-order valence-corrected chi connectivity index (χ4v) is 3.18. The smallest absolute Gasteiger partial charge is 0.318 e. The van der Waals surface area contributed by atoms with Crippen molar-refractivity contribution < 1.29 is 18.3 Å². The van der Waals surface area contributed by atoms with Crippen LogP contribution in [-0.4, -0.2) is 42.6 Å². The van der Waals surface area contributed by atoms with E-state index in [-0.39, 0.29) is 17.7 Å². The molecule has 0 fully saturated rings. The molecule has 6 heteroatoms. The van der Waals surface area contributed by atoms with Crippen LogP contribution in [0.5, 0.6) is 0 Å². The van der Waals surface area contributed by atoms with Gasteiger partial charge >= 0.3 is 5.97 Å². The zero-order chi connectivity index (χ0) is 13.7. The highest BCUT2D eigenvalue weighted by Crippen LogP contribution is 2.20. The summed E-state index contributed by atoms with van der Waals surface area (Å²) in [7, 11) is -3.46. The first-order valence-corrected chi connectivity index (χ1v) is 7.39. The van der Waals surface area contributed by atoms with E-state index in [1.54, 1.807) is 0 Å². The van der Waals surface area contributed by atoms with Gasteiger partial charge in [0.1, 0.15) is 6.54 Å². The van der Waals surface area contributed by atoms with Crippen LogP contribution in [0.1, 0.15) is 40.5 Å². The second-order valence-corrected chi connectivity index (χ2v) is 7.44. The number of carboxylic acid groups (broad SMARTS) is 1. The minimum absolute atomic E-state index is 0.00375. The van der Waals surface area contributed by atoms with Crippen LogP contribution in [0.25, 0.3) is 0 Å². The largest absolute Gasteiger partial charge is 0.480 e. The van der Waals surface area contributed by atoms with E-state index >= 15 is 0 Å². The summed E-state index contributed by atoms with van der Waals surface area (Å²) in [5.41, 5.74) is -0.0752. The molecule has 0 amide bonds. The number of carbonyl (C=O) groups is 1. The van der Waals surface area contributed by atoms with E-state index in [0.29, 0.717) is 12.8 Å². The average Bonchev–Trinajstić information content (AvgIpc) is 2.13. The van der Waals surface area contributed by atoms with Crippen molar-refractivity contribution in [2.24, 2.45) is 5.41 Å². The normalized spacial score (nSPS) is 13.0. The van der Waals surface area contributed by atoms with Crippen LogP contribution in [-0.2, 0) is 14.8 Å². The molecule has 0 aromatic carbocycles. The molecule has 0 aliphatic heterocycles. The summed E-state index contributed by atoms with van der Waals surface area (Å²) >= 11 is 0. The van der Waals surface area contributed by atoms with Gasteiger partial charge in [-0.2, -0.15) is 4.31 Å². The highest BCUT2D eigenvalue weighted by atomic mass is 32.2. The molecule has 0 aromatic rings. The molecule has 0 atom stereocenters. The van der Waals surface area contributed by atoms with Gasteiger partial charge in [-0.1, -0.05) is 27.7 Å². The molecule has 0 unspecified atom stereocenters. The SMILES string of the molecule is CCCN(CC(=O)O)S(=O)(=O)CCC(C)(C)C. The van der Waals surface area contributed by atoms with E-state index in [0.717, 1.165) is 4.31 Å². The highest BCUT2D eigenvalue weighted by molar-refractivity contribution is 7.89. The fraction of sp³-hybridized carbons (Fsp3) is 0.909. The van der Waals surface area contributed by atoms with Gasteiger partial charge in [0.2, 0.25) is 10.0 Å². The predicted molar refractivity (Wildman–Crippen MR) is 67.4 cm³/mol. The van der Waals surface area contributed by atoms with Crippen molar-refractivity contribution in [3.05, 3.63) is 0 Å². The van der Waals surface area contributed by atoms with Gasteiger partial charge in [-0.3, -0.25) is 4.79 Å². The molecule has 0 aliphatic carbocycles. The third-order valence-corrected chi connectivity index (χ3v) is 4.11. The summed E-state index contributed by atoms with van der Waals surface area (Å²) < 4.78 is 25.0. The van der Waals surface area contributed by atoms with E-state index < -0.39 is 22.5 Å². The molecular weight excluding hydrogens is 242 g/mol. The van der Waals surface area contributed by atoms with Gasteiger partial charge in [0.05, 0.1) is 5.75 Å². The maximum atomic E-state index is 12.0. The van der Waals surface area contributed by atoms with E-state index in [9.17, 15) is 13.2 Å². The van der Waals surface area contributed by atoms with Crippen molar-refractivity contribution in [3.8, 4) is 0 Å². The Balaban J connectivity index is 4.66. The van der Waals surface area contributed by atoms with Gasteiger partial charge in [0.25, 0.3) is 0 Å². The Kier molecular flexibility index (Phi) is 6.12. The first-order valence-electron chi connectivity index (χ1n) is 5.78. The summed E-state index contributed by atoms with van der Waals surface area (Å²) in [5, 5.41) is 8.70. The molecule has 0 bridgehead atoms. The summed E-state index contributed by atoms with van der Waals surface area (Å²) in [6.45, 7) is 7.53. The molecule has 0 saturated heterocycles. The number of hydrogen-bond acceptors (Lipinski definition) is 3. The first-order chi connectivity index (χ1) is 7.58. The Morgan fingerprint density at radius 2 is 1.82 bits per heavy atom. The summed E-state index contributed by atoms with van der Waals surface area (Å²) in [4.78, 5) is 10.6. The lowest BCUT2D eigenvalue weighted by atomic mass is 9.94. The van der Waals surface area contributed by atoms with Gasteiger partial charge < -0.3 is 5.11 Å². The Morgan fingerprint density at radius 3 is 2.18 bits per heavy atom. The van der Waals surface area contributed by atoms with Crippen LogP contribution < -0.4 is 0 Å². The zero-order valence-corrected chi connectivity index (χ0v) is 11.9. The monoisotopic (exact) mass is 265 g/mol. The number of nitrogens with zero attached hydrogens (tertiary/aromatic N) is 1. The molecule has 17 heavy (non-hydrogen) atoms. The molecule has 0 aliphatic rings. The third-order valence-electron chi connectivity index (χ3n) is 2.29. The zero-order valence-electron chi connectivity index (χ0n) is 11.1. The molecule has 102 valence electrons. The second-order valence-electron chi connectivity index (χ2n) is 5.35. The number of hydrogen-bond donors (Lipinski definition) is 1. The van der Waals surface area contributed by atoms with Crippen molar-refractivity contribution in [2.75, 3.05) is 18.8 Å². The maximum absolute atomic E-state index is 12.0. The minimum Gasteiger partial charge on any atom is -0.480 e. The van der Waals surface area contributed by atoms with Crippen LogP contribution in [0.4, 0.5) is 0 Å². The second kappa shape index (κ2) is 6.35. The van der Waals surface area contributed by atoms with Gasteiger partial charge in [-0.05, 0) is 18.3 Å². The van der Waals surface area contributed by atoms with Crippen molar-refractivity contribution in [3.63, 3.8) is 0 Å². The van der Waals surface area contributed by atoms with Gasteiger partial charge in [0, 0.05) is 6.54 Å². The predicted octanol–water partition coefficient (Wildman–Crippen LogP) is 1.55. The first kappa shape index (κ1) is 16.4. The Hall–Kier alpha value is -0.620. The Labute approximate surface area is 104 Å². The van der Waals surface area contributed by atoms with E-state index in [1.807, 2.05) is 27.7 Å². The summed E-state index contributed by atoms with van der Waals surface area (Å²) in [6.07, 6.45) is 1.14. The number of sulfonamides is 1. The quantitative estimate of drug-likeness (QED) is 0.758. The molecule has 0 radical (unpaired) electrons. The summed E-state index contributed by atoms with van der Waals surface area (Å²) in [5.74, 6) is -1.11. The van der Waals surface area contributed by atoms with E-state index in [1.165, 1.54) is 0 Å². The van der Waals surface area contributed by atoms with Crippen molar-refractivity contribution >= 4 is 16.0 Å². The number of rotatable bonds is 7. The third kappa shape index (κ3) is 7.33. The molecule has 0 spiro atoms. The maximum Gasteiger partial charge on any atom is 0.318 e. The van der Waals surface area contributed by atoms with Gasteiger partial charge in [-0.15, -0.1) is 0 Å². The molecule has 0 heterocycles. The Bertz CT molecular complexity index is 343. The fourth-order valence-electron chi connectivity index (χ4n) is 1.28. The van der Waals surface area contributed by atoms with Crippen LogP contribution in [0.2, 0.25) is 0 Å². The van der Waals surface area contributed by atoms with E-state index in [4.69, 9.17) is 5.11 Å². The Morgan fingerprint density at radius 1 is 1.29 bits per heavy atom. The lowest BCUT2D eigenvalue weighted by Gasteiger charge is -2.23. The lowest BCUT2D eigenvalue weighted by molar-refractivity contribution is -0.137. The van der Waals surface area contributed by atoms with Gasteiger partial charge in [-0.25, -0.2) is 8.42 Å². The van der Waals surface area contributed by atoms with Gasteiger partial charge in [0.15, 0.2) is 0 Å². The van der Waals surface area contributed by atoms with Crippen molar-refractivity contribution in [1.82, 2.24) is 4.31 Å². The van der Waals surface area contributed by atoms with Crippen LogP contribution in [0.15, 0.2) is 0 Å². The topological polar surface area (TPSA) is 74.7 Å². The molecule has 0 saturated carbocycles. The van der Waals surface area contributed by atoms with Crippen LogP contribution in [0.3, 0.4) is 0 Å². The standard InChI is InChI=1S/C11H23NO4S/c1-5-7-12(9-10(13)14)17(15,16)8-6-11(2,3)4/h5-9H2,1-4H3,(H,13,14). The minimum atomic E-state index is -3.46. The lowest BCUT2D eigenvalue weighted by Crippen LogP contribution is -2.38.